The predicted octanol–water partition coefficient (Wildman–Crippen LogP) is 1.34. The van der Waals surface area contributed by atoms with Gasteiger partial charge >= 0.3 is 0 Å². The van der Waals surface area contributed by atoms with Crippen molar-refractivity contribution in [2.24, 2.45) is 5.92 Å². The predicted molar refractivity (Wildman–Crippen MR) is 61.6 cm³/mol. The van der Waals surface area contributed by atoms with Crippen LogP contribution in [0.5, 0.6) is 0 Å². The SMILES string of the molecule is O=S(=O)(CC1CCC1)CC1CCCCN1. The number of hydrogen-bond donors (Lipinski definition) is 1. The van der Waals surface area contributed by atoms with Gasteiger partial charge in [0.1, 0.15) is 0 Å². The van der Waals surface area contributed by atoms with E-state index in [2.05, 4.69) is 5.32 Å². The summed E-state index contributed by atoms with van der Waals surface area (Å²) in [5, 5.41) is 3.31. The standard InChI is InChI=1S/C11H21NO2S/c13-15(14,8-10-4-3-5-10)9-11-6-1-2-7-12-11/h10-12H,1-9H2. The molecule has 1 unspecified atom stereocenters. The average Bonchev–Trinajstić information content (AvgIpc) is 2.13. The van der Waals surface area contributed by atoms with E-state index < -0.39 is 9.84 Å². The largest absolute Gasteiger partial charge is 0.313 e. The van der Waals surface area contributed by atoms with E-state index in [1.165, 1.54) is 19.3 Å². The summed E-state index contributed by atoms with van der Waals surface area (Å²) in [7, 11) is -2.80. The zero-order chi connectivity index (χ0) is 10.7. The topological polar surface area (TPSA) is 46.2 Å². The molecule has 1 saturated heterocycles. The lowest BCUT2D eigenvalue weighted by molar-refractivity contribution is 0.346. The highest BCUT2D eigenvalue weighted by atomic mass is 32.2. The minimum absolute atomic E-state index is 0.226. The smallest absolute Gasteiger partial charge is 0.152 e. The van der Waals surface area contributed by atoms with Crippen LogP contribution in [0.15, 0.2) is 0 Å². The molecule has 1 saturated carbocycles. The summed E-state index contributed by atoms with van der Waals surface area (Å²) in [6.45, 7) is 0.990. The summed E-state index contributed by atoms with van der Waals surface area (Å²) in [6.07, 6.45) is 6.87. The molecule has 1 N–H and O–H groups in total. The summed E-state index contributed by atoms with van der Waals surface area (Å²) in [6, 6.07) is 0.226. The van der Waals surface area contributed by atoms with Crippen LogP contribution >= 0.6 is 0 Å². The molecule has 2 rings (SSSR count). The number of rotatable bonds is 4. The molecule has 4 heteroatoms. The van der Waals surface area contributed by atoms with Crippen LogP contribution in [-0.4, -0.2) is 32.5 Å². The molecule has 2 aliphatic rings. The van der Waals surface area contributed by atoms with Gasteiger partial charge in [0.05, 0.1) is 11.5 Å². The minimum atomic E-state index is -2.80. The van der Waals surface area contributed by atoms with E-state index in [1.54, 1.807) is 0 Å². The normalized spacial score (nSPS) is 28.7. The van der Waals surface area contributed by atoms with Crippen molar-refractivity contribution in [3.05, 3.63) is 0 Å². The van der Waals surface area contributed by atoms with Crippen molar-refractivity contribution in [3.8, 4) is 0 Å². The lowest BCUT2D eigenvalue weighted by Gasteiger charge is -2.27. The van der Waals surface area contributed by atoms with Gasteiger partial charge in [-0.05, 0) is 38.1 Å². The van der Waals surface area contributed by atoms with Gasteiger partial charge in [0.25, 0.3) is 0 Å². The Balaban J connectivity index is 1.80. The van der Waals surface area contributed by atoms with E-state index >= 15 is 0 Å². The summed E-state index contributed by atoms with van der Waals surface area (Å²) in [4.78, 5) is 0. The fourth-order valence-corrected chi connectivity index (χ4v) is 4.54. The second-order valence-corrected chi connectivity index (χ2v) is 7.17. The zero-order valence-corrected chi connectivity index (χ0v) is 10.1. The van der Waals surface area contributed by atoms with Crippen LogP contribution < -0.4 is 5.32 Å². The Labute approximate surface area is 92.6 Å². The number of sulfone groups is 1. The quantitative estimate of drug-likeness (QED) is 0.794. The van der Waals surface area contributed by atoms with E-state index in [0.717, 1.165) is 25.8 Å². The molecule has 3 nitrogen and oxygen atoms in total. The van der Waals surface area contributed by atoms with E-state index in [4.69, 9.17) is 0 Å². The van der Waals surface area contributed by atoms with Crippen LogP contribution in [0.3, 0.4) is 0 Å². The van der Waals surface area contributed by atoms with Gasteiger partial charge in [-0.25, -0.2) is 8.42 Å². The van der Waals surface area contributed by atoms with Crippen molar-refractivity contribution in [1.29, 1.82) is 0 Å². The summed E-state index contributed by atoms with van der Waals surface area (Å²) in [5.41, 5.74) is 0. The molecule has 0 aromatic carbocycles. The fraction of sp³-hybridized carbons (Fsp3) is 1.00. The highest BCUT2D eigenvalue weighted by Crippen LogP contribution is 2.28. The van der Waals surface area contributed by atoms with Crippen molar-refractivity contribution in [1.82, 2.24) is 5.32 Å². The third-order valence-corrected chi connectivity index (χ3v) is 5.47. The lowest BCUT2D eigenvalue weighted by atomic mass is 9.87. The van der Waals surface area contributed by atoms with E-state index in [0.29, 0.717) is 17.4 Å². The molecule has 2 fully saturated rings. The van der Waals surface area contributed by atoms with Gasteiger partial charge in [0.2, 0.25) is 0 Å². The van der Waals surface area contributed by atoms with E-state index in [9.17, 15) is 8.42 Å². The summed E-state index contributed by atoms with van der Waals surface area (Å²) >= 11 is 0. The highest BCUT2D eigenvalue weighted by molar-refractivity contribution is 7.91. The molecule has 0 aromatic rings. The van der Waals surface area contributed by atoms with Gasteiger partial charge in [0, 0.05) is 6.04 Å². The van der Waals surface area contributed by atoms with Crippen molar-refractivity contribution in [2.75, 3.05) is 18.1 Å². The highest BCUT2D eigenvalue weighted by Gasteiger charge is 2.27. The van der Waals surface area contributed by atoms with Crippen LogP contribution in [-0.2, 0) is 9.84 Å². The van der Waals surface area contributed by atoms with Gasteiger partial charge in [-0.1, -0.05) is 12.8 Å². The first-order chi connectivity index (χ1) is 7.16. The van der Waals surface area contributed by atoms with Crippen LogP contribution in [0.4, 0.5) is 0 Å². The number of piperidine rings is 1. The monoisotopic (exact) mass is 231 g/mol. The minimum Gasteiger partial charge on any atom is -0.313 e. The number of nitrogens with one attached hydrogen (secondary N) is 1. The molecular weight excluding hydrogens is 210 g/mol. The maximum Gasteiger partial charge on any atom is 0.152 e. The Morgan fingerprint density at radius 2 is 1.80 bits per heavy atom. The van der Waals surface area contributed by atoms with Crippen LogP contribution in [0.25, 0.3) is 0 Å². The first kappa shape index (κ1) is 11.4. The van der Waals surface area contributed by atoms with Crippen LogP contribution in [0.2, 0.25) is 0 Å². The van der Waals surface area contributed by atoms with Crippen molar-refractivity contribution in [2.45, 2.75) is 44.6 Å². The lowest BCUT2D eigenvalue weighted by Crippen LogP contribution is -2.40. The van der Waals surface area contributed by atoms with Gasteiger partial charge in [-0.15, -0.1) is 0 Å². The van der Waals surface area contributed by atoms with Gasteiger partial charge in [-0.3, -0.25) is 0 Å². The third-order valence-electron chi connectivity index (χ3n) is 3.58. The van der Waals surface area contributed by atoms with Crippen LogP contribution in [0, 0.1) is 5.92 Å². The van der Waals surface area contributed by atoms with Crippen LogP contribution in [0.1, 0.15) is 38.5 Å². The van der Waals surface area contributed by atoms with Crippen molar-refractivity contribution < 1.29 is 8.42 Å². The molecule has 1 aliphatic heterocycles. The first-order valence-corrected chi connectivity index (χ1v) is 7.92. The second kappa shape index (κ2) is 4.83. The number of hydrogen-bond acceptors (Lipinski definition) is 3. The molecule has 1 aliphatic carbocycles. The maximum absolute atomic E-state index is 11.9. The molecule has 1 heterocycles. The Morgan fingerprint density at radius 1 is 1.00 bits per heavy atom. The second-order valence-electron chi connectivity index (χ2n) is 5.02. The first-order valence-electron chi connectivity index (χ1n) is 6.09. The molecule has 88 valence electrons. The fourth-order valence-electron chi connectivity index (χ4n) is 2.46. The Hall–Kier alpha value is -0.0900. The third kappa shape index (κ3) is 3.45. The van der Waals surface area contributed by atoms with E-state index in [1.807, 2.05) is 0 Å². The average molecular weight is 231 g/mol. The summed E-state index contributed by atoms with van der Waals surface area (Å²) in [5.74, 6) is 1.27. The van der Waals surface area contributed by atoms with Gasteiger partial charge in [0.15, 0.2) is 9.84 Å². The zero-order valence-electron chi connectivity index (χ0n) is 9.24. The van der Waals surface area contributed by atoms with Gasteiger partial charge < -0.3 is 5.32 Å². The summed E-state index contributed by atoms with van der Waals surface area (Å²) < 4.78 is 23.7. The molecular formula is C11H21NO2S. The molecule has 0 amide bonds. The van der Waals surface area contributed by atoms with Crippen molar-refractivity contribution >= 4 is 9.84 Å². The molecule has 15 heavy (non-hydrogen) atoms. The Kier molecular flexibility index (Phi) is 3.67. The van der Waals surface area contributed by atoms with E-state index in [-0.39, 0.29) is 6.04 Å². The van der Waals surface area contributed by atoms with Crippen molar-refractivity contribution in [3.63, 3.8) is 0 Å². The molecule has 0 bridgehead atoms. The van der Waals surface area contributed by atoms with Gasteiger partial charge in [-0.2, -0.15) is 0 Å². The Morgan fingerprint density at radius 3 is 2.33 bits per heavy atom. The molecule has 0 aromatic heterocycles. The maximum atomic E-state index is 11.9. The molecule has 1 atom stereocenters. The molecule has 0 spiro atoms. The molecule has 0 radical (unpaired) electrons. The Bertz CT molecular complexity index is 290.